The molecule has 2 aromatic rings. The summed E-state index contributed by atoms with van der Waals surface area (Å²) < 4.78 is 6.72. The van der Waals surface area contributed by atoms with E-state index in [1.165, 1.54) is 11.8 Å². The molecule has 0 fully saturated rings. The Labute approximate surface area is 116 Å². The van der Waals surface area contributed by atoms with Crippen molar-refractivity contribution < 1.29 is 9.53 Å². The van der Waals surface area contributed by atoms with Gasteiger partial charge in [-0.15, -0.1) is 5.10 Å². The number of hydrogen-bond acceptors (Lipinski definition) is 5. The minimum atomic E-state index is -0.254. The summed E-state index contributed by atoms with van der Waals surface area (Å²) >= 11 is 1.27. The van der Waals surface area contributed by atoms with Gasteiger partial charge < -0.3 is 4.74 Å². The molecule has 1 aromatic heterocycles. The number of hydrogen-bond donors (Lipinski definition) is 0. The van der Waals surface area contributed by atoms with Gasteiger partial charge in [-0.2, -0.15) is 0 Å². The Morgan fingerprint density at radius 3 is 2.79 bits per heavy atom. The van der Waals surface area contributed by atoms with E-state index >= 15 is 0 Å². The molecular weight excluding hydrogens is 262 g/mol. The standard InChI is InChI=1S/C13H15N3O2S/c1-10(2)18-12(17)8-19-13-14-9-16(15-13)11-6-4-3-5-7-11/h3-7,9-10H,8H2,1-2H3. The molecule has 0 atom stereocenters. The van der Waals surface area contributed by atoms with E-state index in [9.17, 15) is 4.79 Å². The second kappa shape index (κ2) is 6.38. The highest BCUT2D eigenvalue weighted by molar-refractivity contribution is 7.99. The maximum atomic E-state index is 11.4. The number of esters is 1. The third-order valence-corrected chi connectivity index (χ3v) is 3.00. The first-order valence-corrected chi connectivity index (χ1v) is 6.93. The Kier molecular flexibility index (Phi) is 4.57. The Balaban J connectivity index is 1.93. The molecule has 2 rings (SSSR count). The topological polar surface area (TPSA) is 57.0 Å². The largest absolute Gasteiger partial charge is 0.462 e. The molecule has 0 bridgehead atoms. The van der Waals surface area contributed by atoms with Crippen LogP contribution in [0.2, 0.25) is 0 Å². The number of ether oxygens (including phenoxy) is 1. The molecule has 0 unspecified atom stereocenters. The summed E-state index contributed by atoms with van der Waals surface area (Å²) in [6, 6.07) is 9.69. The molecule has 5 nitrogen and oxygen atoms in total. The quantitative estimate of drug-likeness (QED) is 0.620. The lowest BCUT2D eigenvalue weighted by atomic mass is 10.3. The van der Waals surface area contributed by atoms with E-state index in [-0.39, 0.29) is 17.8 Å². The van der Waals surface area contributed by atoms with Crippen LogP contribution in [0.15, 0.2) is 41.8 Å². The lowest BCUT2D eigenvalue weighted by Gasteiger charge is -2.05. The lowest BCUT2D eigenvalue weighted by Crippen LogP contribution is -2.13. The zero-order valence-electron chi connectivity index (χ0n) is 10.8. The van der Waals surface area contributed by atoms with E-state index in [1.54, 1.807) is 11.0 Å². The number of carbonyl (C=O) groups is 1. The van der Waals surface area contributed by atoms with E-state index in [0.717, 1.165) is 5.69 Å². The molecule has 0 N–H and O–H groups in total. The molecule has 0 aliphatic rings. The van der Waals surface area contributed by atoms with Crippen molar-refractivity contribution in [3.05, 3.63) is 36.7 Å². The molecule has 1 aromatic carbocycles. The van der Waals surface area contributed by atoms with Crippen LogP contribution in [0.1, 0.15) is 13.8 Å². The second-order valence-electron chi connectivity index (χ2n) is 4.13. The summed E-state index contributed by atoms with van der Waals surface area (Å²) in [7, 11) is 0. The molecule has 1 heterocycles. The van der Waals surface area contributed by atoms with Crippen molar-refractivity contribution in [2.45, 2.75) is 25.1 Å². The fourth-order valence-corrected chi connectivity index (χ4v) is 2.02. The molecule has 0 saturated heterocycles. The molecule has 100 valence electrons. The average molecular weight is 277 g/mol. The molecule has 0 saturated carbocycles. The maximum Gasteiger partial charge on any atom is 0.316 e. The monoisotopic (exact) mass is 277 g/mol. The van der Waals surface area contributed by atoms with Gasteiger partial charge in [-0.3, -0.25) is 4.79 Å². The SMILES string of the molecule is CC(C)OC(=O)CSc1ncn(-c2ccccc2)n1. The number of benzene rings is 1. The third kappa shape index (κ3) is 4.10. The summed E-state index contributed by atoms with van der Waals surface area (Å²) in [5.41, 5.74) is 0.937. The summed E-state index contributed by atoms with van der Waals surface area (Å²) in [6.07, 6.45) is 1.54. The fourth-order valence-electron chi connectivity index (χ4n) is 1.44. The summed E-state index contributed by atoms with van der Waals surface area (Å²) in [5, 5.41) is 4.85. The van der Waals surface area contributed by atoms with E-state index < -0.39 is 0 Å². The van der Waals surface area contributed by atoms with Gasteiger partial charge in [0.2, 0.25) is 5.16 Å². The van der Waals surface area contributed by atoms with Crippen LogP contribution < -0.4 is 0 Å². The normalized spacial score (nSPS) is 10.7. The smallest absolute Gasteiger partial charge is 0.316 e. The van der Waals surface area contributed by atoms with Crippen LogP contribution in [-0.2, 0) is 9.53 Å². The molecule has 0 radical (unpaired) electrons. The Morgan fingerprint density at radius 1 is 1.37 bits per heavy atom. The van der Waals surface area contributed by atoms with Gasteiger partial charge in [0.15, 0.2) is 0 Å². The second-order valence-corrected chi connectivity index (χ2v) is 5.08. The van der Waals surface area contributed by atoms with Crippen molar-refractivity contribution >= 4 is 17.7 Å². The first kappa shape index (κ1) is 13.6. The Morgan fingerprint density at radius 2 is 2.11 bits per heavy atom. The van der Waals surface area contributed by atoms with Gasteiger partial charge in [0, 0.05) is 0 Å². The number of carbonyl (C=O) groups excluding carboxylic acids is 1. The number of thioether (sulfide) groups is 1. The number of rotatable bonds is 5. The van der Waals surface area contributed by atoms with Crippen molar-refractivity contribution in [3.8, 4) is 5.69 Å². The van der Waals surface area contributed by atoms with E-state index in [0.29, 0.717) is 5.16 Å². The first-order valence-electron chi connectivity index (χ1n) is 5.94. The van der Waals surface area contributed by atoms with Gasteiger partial charge in [-0.05, 0) is 26.0 Å². The van der Waals surface area contributed by atoms with Crippen molar-refractivity contribution in [2.24, 2.45) is 0 Å². The van der Waals surface area contributed by atoms with Crippen molar-refractivity contribution in [1.82, 2.24) is 14.8 Å². The molecule has 0 aliphatic heterocycles. The van der Waals surface area contributed by atoms with Crippen LogP contribution >= 0.6 is 11.8 Å². The van der Waals surface area contributed by atoms with E-state index in [4.69, 9.17) is 4.74 Å². The first-order chi connectivity index (χ1) is 9.15. The summed E-state index contributed by atoms with van der Waals surface area (Å²) in [4.78, 5) is 15.5. The highest BCUT2D eigenvalue weighted by Crippen LogP contribution is 2.14. The molecule has 0 aliphatic carbocycles. The van der Waals surface area contributed by atoms with E-state index in [2.05, 4.69) is 10.1 Å². The van der Waals surface area contributed by atoms with Gasteiger partial charge >= 0.3 is 5.97 Å². The van der Waals surface area contributed by atoms with E-state index in [1.807, 2.05) is 44.2 Å². The molecule has 6 heteroatoms. The predicted octanol–water partition coefficient (Wildman–Crippen LogP) is 2.31. The van der Waals surface area contributed by atoms with Crippen LogP contribution in [0, 0.1) is 0 Å². The maximum absolute atomic E-state index is 11.4. The molecule has 19 heavy (non-hydrogen) atoms. The van der Waals surface area contributed by atoms with Gasteiger partial charge in [-0.1, -0.05) is 30.0 Å². The molecular formula is C13H15N3O2S. The summed E-state index contributed by atoms with van der Waals surface area (Å²) in [6.45, 7) is 3.65. The van der Waals surface area contributed by atoms with Gasteiger partial charge in [0.05, 0.1) is 17.5 Å². The van der Waals surface area contributed by atoms with Gasteiger partial charge in [-0.25, -0.2) is 9.67 Å². The van der Waals surface area contributed by atoms with Crippen molar-refractivity contribution in [1.29, 1.82) is 0 Å². The highest BCUT2D eigenvalue weighted by atomic mass is 32.2. The highest BCUT2D eigenvalue weighted by Gasteiger charge is 2.09. The minimum absolute atomic E-state index is 0.0945. The van der Waals surface area contributed by atoms with Crippen LogP contribution in [0.25, 0.3) is 5.69 Å². The summed E-state index contributed by atoms with van der Waals surface area (Å²) in [5.74, 6) is -0.0344. The van der Waals surface area contributed by atoms with Crippen LogP contribution in [0.4, 0.5) is 0 Å². The molecule has 0 spiro atoms. The minimum Gasteiger partial charge on any atom is -0.462 e. The third-order valence-electron chi connectivity index (χ3n) is 2.18. The predicted molar refractivity (Wildman–Crippen MR) is 73.3 cm³/mol. The van der Waals surface area contributed by atoms with Gasteiger partial charge in [0.25, 0.3) is 0 Å². The Hall–Kier alpha value is -1.82. The number of aromatic nitrogens is 3. The fraction of sp³-hybridized carbons (Fsp3) is 0.308. The van der Waals surface area contributed by atoms with Crippen molar-refractivity contribution in [3.63, 3.8) is 0 Å². The van der Waals surface area contributed by atoms with Crippen molar-refractivity contribution in [2.75, 3.05) is 5.75 Å². The zero-order chi connectivity index (χ0) is 13.7. The van der Waals surface area contributed by atoms with Gasteiger partial charge in [0.1, 0.15) is 6.33 Å². The lowest BCUT2D eigenvalue weighted by molar-refractivity contribution is -0.144. The molecule has 0 amide bonds. The number of nitrogens with zero attached hydrogens (tertiary/aromatic N) is 3. The number of para-hydroxylation sites is 1. The van der Waals surface area contributed by atoms with Crippen LogP contribution in [0.5, 0.6) is 0 Å². The zero-order valence-corrected chi connectivity index (χ0v) is 11.6. The van der Waals surface area contributed by atoms with Crippen LogP contribution in [0.3, 0.4) is 0 Å². The van der Waals surface area contributed by atoms with Crippen LogP contribution in [-0.4, -0.2) is 32.6 Å². The Bertz CT molecular complexity index is 540. The average Bonchev–Trinajstić information content (AvgIpc) is 2.85.